The summed E-state index contributed by atoms with van der Waals surface area (Å²) in [5, 5.41) is 19.6. The highest BCUT2D eigenvalue weighted by atomic mass is 19.1. The van der Waals surface area contributed by atoms with Crippen molar-refractivity contribution >= 4 is 28.7 Å². The lowest BCUT2D eigenvalue weighted by Crippen LogP contribution is -2.41. The van der Waals surface area contributed by atoms with Crippen LogP contribution in [-0.2, 0) is 6.54 Å². The smallest absolute Gasteiger partial charge is 0.320 e. The van der Waals surface area contributed by atoms with Crippen LogP contribution < -0.4 is 21.3 Å². The van der Waals surface area contributed by atoms with Gasteiger partial charge in [-0.2, -0.15) is 5.10 Å². The number of aliphatic hydroxyl groups is 1. The topological polar surface area (TPSA) is 159 Å². The molecule has 5 N–H and O–H groups in total. The minimum absolute atomic E-state index is 0.102. The van der Waals surface area contributed by atoms with E-state index in [1.807, 2.05) is 35.0 Å². The maximum absolute atomic E-state index is 13.7. The van der Waals surface area contributed by atoms with Gasteiger partial charge in [0.25, 0.3) is 11.5 Å². The molecule has 2 aliphatic rings. The number of hydrogen-bond acceptors (Lipinski definition) is 7. The molecule has 43 heavy (non-hydrogen) atoms. The van der Waals surface area contributed by atoms with Crippen molar-refractivity contribution in [2.24, 2.45) is 0 Å². The van der Waals surface area contributed by atoms with Crippen molar-refractivity contribution in [1.82, 2.24) is 29.9 Å². The van der Waals surface area contributed by atoms with Gasteiger partial charge in [-0.3, -0.25) is 9.59 Å². The summed E-state index contributed by atoms with van der Waals surface area (Å²) in [4.78, 5) is 42.1. The molecule has 224 valence electrons. The molecule has 6 rings (SSSR count). The van der Waals surface area contributed by atoms with Crippen molar-refractivity contribution in [2.75, 3.05) is 39.0 Å². The first kappa shape index (κ1) is 28.2. The summed E-state index contributed by atoms with van der Waals surface area (Å²) in [5.74, 6) is -0.547. The molecule has 0 saturated carbocycles. The molecular weight excluding hydrogens is 557 g/mol. The molecule has 4 heterocycles. The van der Waals surface area contributed by atoms with Gasteiger partial charge in [0, 0.05) is 44.5 Å². The summed E-state index contributed by atoms with van der Waals surface area (Å²) in [7, 11) is 1.42. The molecule has 0 spiro atoms. The van der Waals surface area contributed by atoms with Gasteiger partial charge in [0.2, 0.25) is 0 Å². The maximum Gasteiger partial charge on any atom is 0.320 e. The number of benzene rings is 2. The molecule has 2 aromatic carbocycles. The zero-order chi connectivity index (χ0) is 30.2. The Hall–Kier alpha value is -4.91. The fraction of sp³-hybridized carbons (Fsp3) is 0.333. The Kier molecular flexibility index (Phi) is 7.48. The Balaban J connectivity index is 1.23. The number of likely N-dealkylation sites (tertiary alicyclic amines) is 2. The highest BCUT2D eigenvalue weighted by Gasteiger charge is 2.34. The number of nitrogen functional groups attached to an aromatic ring is 1. The van der Waals surface area contributed by atoms with E-state index in [1.54, 1.807) is 9.80 Å². The average molecular weight is 590 g/mol. The zero-order valence-electron chi connectivity index (χ0n) is 23.5. The number of methoxy groups -OCH3 is 1. The third-order valence-corrected chi connectivity index (χ3v) is 8.17. The molecule has 0 aliphatic carbocycles. The van der Waals surface area contributed by atoms with Crippen LogP contribution in [0.25, 0.3) is 22.0 Å². The van der Waals surface area contributed by atoms with Crippen LogP contribution in [0.1, 0.15) is 34.8 Å². The monoisotopic (exact) mass is 589 g/mol. The number of aromatic amines is 1. The van der Waals surface area contributed by atoms with Crippen LogP contribution in [-0.4, -0.2) is 81.0 Å². The first-order chi connectivity index (χ1) is 20.7. The SMILES string of the molecule is COc1ccc(F)cc1C(=O)NCc1ccc(-c2cn(C3CCN(C(=O)N4CCC(O)C4)C3)c3c(=O)[nH]nc(N)c23)cc1. The van der Waals surface area contributed by atoms with E-state index in [0.717, 1.165) is 22.8 Å². The Morgan fingerprint density at radius 3 is 2.60 bits per heavy atom. The number of hydrogen-bond donors (Lipinski definition) is 4. The van der Waals surface area contributed by atoms with Crippen molar-refractivity contribution in [3.05, 3.63) is 76.0 Å². The van der Waals surface area contributed by atoms with E-state index in [1.165, 1.54) is 19.2 Å². The molecule has 0 radical (unpaired) electrons. The van der Waals surface area contributed by atoms with Crippen LogP contribution >= 0.6 is 0 Å². The Morgan fingerprint density at radius 1 is 1.14 bits per heavy atom. The maximum atomic E-state index is 13.7. The highest BCUT2D eigenvalue weighted by Crippen LogP contribution is 2.36. The number of H-pyrrole nitrogens is 1. The molecule has 2 atom stereocenters. The predicted octanol–water partition coefficient (Wildman–Crippen LogP) is 2.48. The van der Waals surface area contributed by atoms with Gasteiger partial charge in [-0.05, 0) is 42.2 Å². The molecule has 12 nitrogen and oxygen atoms in total. The van der Waals surface area contributed by atoms with E-state index in [4.69, 9.17) is 10.5 Å². The number of rotatable bonds is 6. The summed E-state index contributed by atoms with van der Waals surface area (Å²) in [6.07, 6.45) is 2.61. The molecule has 4 aromatic rings. The second kappa shape index (κ2) is 11.4. The second-order valence-corrected chi connectivity index (χ2v) is 10.9. The fourth-order valence-electron chi connectivity index (χ4n) is 5.94. The molecule has 2 aliphatic heterocycles. The van der Waals surface area contributed by atoms with E-state index in [9.17, 15) is 23.9 Å². The molecule has 2 unspecified atom stereocenters. The standard InChI is InChI=1S/C30H32FN7O5/c1-43-24-7-6-19(31)12-22(24)28(40)33-13-17-2-4-18(5-3-17)23-16-38(26-25(23)27(32)34-35-29(26)41)20-8-10-36(14-20)30(42)37-11-9-21(39)15-37/h2-7,12,16,20-21,39H,8-11,13-15H2,1H3,(H2,32,34)(H,33,40)(H,35,41). The minimum Gasteiger partial charge on any atom is -0.496 e. The number of nitrogens with one attached hydrogen (secondary N) is 2. The normalized spacial score (nSPS) is 18.4. The third-order valence-electron chi connectivity index (χ3n) is 8.17. The second-order valence-electron chi connectivity index (χ2n) is 10.9. The Labute approximate surface area is 245 Å². The van der Waals surface area contributed by atoms with Gasteiger partial charge in [0.15, 0.2) is 5.82 Å². The number of halogens is 1. The number of aromatic nitrogens is 3. The van der Waals surface area contributed by atoms with Gasteiger partial charge in [0.05, 0.1) is 30.2 Å². The van der Waals surface area contributed by atoms with E-state index < -0.39 is 17.8 Å². The number of carbonyl (C=O) groups excluding carboxylic acids is 2. The van der Waals surface area contributed by atoms with Crippen LogP contribution in [0.3, 0.4) is 0 Å². The Bertz CT molecular complexity index is 1750. The predicted molar refractivity (Wildman–Crippen MR) is 157 cm³/mol. The van der Waals surface area contributed by atoms with Gasteiger partial charge < -0.3 is 35.3 Å². The van der Waals surface area contributed by atoms with Gasteiger partial charge >= 0.3 is 6.03 Å². The summed E-state index contributed by atoms with van der Waals surface area (Å²) >= 11 is 0. The molecule has 0 bridgehead atoms. The number of amides is 3. The van der Waals surface area contributed by atoms with Crippen molar-refractivity contribution in [1.29, 1.82) is 0 Å². The number of nitrogens with zero attached hydrogens (tertiary/aromatic N) is 4. The average Bonchev–Trinajstić information content (AvgIpc) is 3.77. The first-order valence-electron chi connectivity index (χ1n) is 14.0. The number of ether oxygens (including phenoxy) is 1. The minimum atomic E-state index is -0.537. The number of aliphatic hydroxyl groups excluding tert-OH is 1. The van der Waals surface area contributed by atoms with Gasteiger partial charge in [-0.15, -0.1) is 0 Å². The molecule has 2 aromatic heterocycles. The van der Waals surface area contributed by atoms with Crippen LogP contribution in [0.15, 0.2) is 53.5 Å². The molecule has 2 fully saturated rings. The highest BCUT2D eigenvalue weighted by molar-refractivity contribution is 6.02. The summed E-state index contributed by atoms with van der Waals surface area (Å²) in [5.41, 5.74) is 8.70. The lowest BCUT2D eigenvalue weighted by atomic mass is 10.0. The third kappa shape index (κ3) is 5.39. The van der Waals surface area contributed by atoms with Crippen LogP contribution in [0.2, 0.25) is 0 Å². The lowest BCUT2D eigenvalue weighted by molar-refractivity contribution is 0.0947. The van der Waals surface area contributed by atoms with Gasteiger partial charge in [-0.25, -0.2) is 14.3 Å². The Morgan fingerprint density at radius 2 is 1.88 bits per heavy atom. The number of fused-ring (bicyclic) bond motifs is 1. The number of urea groups is 1. The molecule has 13 heteroatoms. The fourth-order valence-corrected chi connectivity index (χ4v) is 5.94. The quantitative estimate of drug-likeness (QED) is 0.269. The first-order valence-corrected chi connectivity index (χ1v) is 14.0. The molecular formula is C30H32FN7O5. The van der Waals surface area contributed by atoms with Crippen molar-refractivity contribution in [3.8, 4) is 16.9 Å². The van der Waals surface area contributed by atoms with E-state index in [2.05, 4.69) is 15.5 Å². The van der Waals surface area contributed by atoms with Crippen LogP contribution in [0.5, 0.6) is 5.75 Å². The largest absolute Gasteiger partial charge is 0.496 e. The number of β-amino-alcohol motifs (C(OH)–C–C–N with tert-alkyl or cyclic N) is 1. The van der Waals surface area contributed by atoms with Crippen LogP contribution in [0.4, 0.5) is 15.0 Å². The number of anilines is 1. The summed E-state index contributed by atoms with van der Waals surface area (Å²) < 4.78 is 20.8. The summed E-state index contributed by atoms with van der Waals surface area (Å²) in [6.45, 7) is 2.01. The van der Waals surface area contributed by atoms with Crippen molar-refractivity contribution < 1.29 is 23.8 Å². The number of nitrogens with two attached hydrogens (primary N) is 1. The van der Waals surface area contributed by atoms with Gasteiger partial charge in [0.1, 0.15) is 17.1 Å². The zero-order valence-corrected chi connectivity index (χ0v) is 23.5. The van der Waals surface area contributed by atoms with Crippen molar-refractivity contribution in [3.63, 3.8) is 0 Å². The van der Waals surface area contributed by atoms with E-state index in [-0.39, 0.29) is 41.3 Å². The summed E-state index contributed by atoms with van der Waals surface area (Å²) in [6, 6.07) is 10.9. The molecule has 3 amide bonds. The molecule has 2 saturated heterocycles. The number of carbonyl (C=O) groups is 2. The van der Waals surface area contributed by atoms with Crippen molar-refractivity contribution in [2.45, 2.75) is 31.5 Å². The van der Waals surface area contributed by atoms with E-state index >= 15 is 0 Å². The van der Waals surface area contributed by atoms with E-state index in [0.29, 0.717) is 49.9 Å². The lowest BCUT2D eigenvalue weighted by Gasteiger charge is -2.24. The van der Waals surface area contributed by atoms with Gasteiger partial charge in [-0.1, -0.05) is 24.3 Å². The van der Waals surface area contributed by atoms with Crippen LogP contribution in [0, 0.1) is 5.82 Å².